The summed E-state index contributed by atoms with van der Waals surface area (Å²) in [4.78, 5) is 0. The van der Waals surface area contributed by atoms with Gasteiger partial charge in [-0.3, -0.25) is 0 Å². The third kappa shape index (κ3) is 2.94. The van der Waals surface area contributed by atoms with E-state index in [1.165, 1.54) is 12.0 Å². The van der Waals surface area contributed by atoms with Gasteiger partial charge in [0, 0.05) is 0 Å². The fourth-order valence-electron chi connectivity index (χ4n) is 2.50. The fourth-order valence-corrected chi connectivity index (χ4v) is 2.88. The van der Waals surface area contributed by atoms with Crippen LogP contribution in [0.1, 0.15) is 32.8 Å². The van der Waals surface area contributed by atoms with E-state index in [2.05, 4.69) is 42.0 Å². The van der Waals surface area contributed by atoms with Crippen LogP contribution >= 0.6 is 15.9 Å². The van der Waals surface area contributed by atoms with Crippen LogP contribution in [0.25, 0.3) is 0 Å². The second kappa shape index (κ2) is 5.30. The van der Waals surface area contributed by atoms with Gasteiger partial charge in [-0.15, -0.1) is 0 Å². The number of nitrogens with one attached hydrogen (secondary N) is 1. The van der Waals surface area contributed by atoms with Crippen molar-refractivity contribution in [2.75, 3.05) is 13.1 Å². The van der Waals surface area contributed by atoms with Crippen LogP contribution in [0.15, 0.2) is 22.7 Å². The van der Waals surface area contributed by atoms with Gasteiger partial charge in [0.05, 0.1) is 4.47 Å². The van der Waals surface area contributed by atoms with Crippen LogP contribution in [0.5, 0.6) is 0 Å². The number of hydrogen-bond donors (Lipinski definition) is 1. The summed E-state index contributed by atoms with van der Waals surface area (Å²) in [5, 5.41) is 3.51. The first kappa shape index (κ1) is 14.0. The molecule has 0 spiro atoms. The lowest BCUT2D eigenvalue weighted by Crippen LogP contribution is -2.24. The molecule has 2 rings (SSSR count). The second-order valence-corrected chi connectivity index (χ2v) is 6.85. The Morgan fingerprint density at radius 1 is 1.50 bits per heavy atom. The maximum atomic E-state index is 13.2. The van der Waals surface area contributed by atoms with E-state index in [0.29, 0.717) is 16.3 Å². The van der Waals surface area contributed by atoms with Gasteiger partial charge in [-0.25, -0.2) is 4.39 Å². The SMILES string of the molecule is CC(C)CNCC1CC1(C)c1ccc(F)c(Br)c1. The average molecular weight is 314 g/mol. The van der Waals surface area contributed by atoms with Gasteiger partial charge >= 0.3 is 0 Å². The fraction of sp³-hybridized carbons (Fsp3) is 0.600. The maximum Gasteiger partial charge on any atom is 0.137 e. The molecule has 1 nitrogen and oxygen atoms in total. The topological polar surface area (TPSA) is 12.0 Å². The van der Waals surface area contributed by atoms with Crippen molar-refractivity contribution in [1.82, 2.24) is 5.32 Å². The van der Waals surface area contributed by atoms with E-state index in [4.69, 9.17) is 0 Å². The standard InChI is InChI=1S/C15H21BrFN/c1-10(2)8-18-9-12-7-15(12,3)11-4-5-14(17)13(16)6-11/h4-6,10,12,18H,7-9H2,1-3H3. The molecule has 0 radical (unpaired) electrons. The van der Waals surface area contributed by atoms with Crippen LogP contribution in [-0.4, -0.2) is 13.1 Å². The third-order valence-electron chi connectivity index (χ3n) is 3.93. The molecule has 0 bridgehead atoms. The van der Waals surface area contributed by atoms with Crippen molar-refractivity contribution in [1.29, 1.82) is 0 Å². The molecule has 0 heterocycles. The van der Waals surface area contributed by atoms with Gasteiger partial charge in [-0.2, -0.15) is 0 Å². The highest BCUT2D eigenvalue weighted by atomic mass is 79.9. The highest BCUT2D eigenvalue weighted by Gasteiger charge is 2.50. The Balaban J connectivity index is 1.95. The van der Waals surface area contributed by atoms with E-state index >= 15 is 0 Å². The van der Waals surface area contributed by atoms with Crippen LogP contribution in [0.3, 0.4) is 0 Å². The molecule has 18 heavy (non-hydrogen) atoms. The minimum absolute atomic E-state index is 0.183. The predicted molar refractivity (Wildman–Crippen MR) is 77.3 cm³/mol. The molecule has 1 aliphatic carbocycles. The Labute approximate surface area is 117 Å². The Kier molecular flexibility index (Phi) is 4.12. The summed E-state index contributed by atoms with van der Waals surface area (Å²) < 4.78 is 13.8. The highest BCUT2D eigenvalue weighted by Crippen LogP contribution is 2.53. The van der Waals surface area contributed by atoms with Crippen molar-refractivity contribution in [2.24, 2.45) is 11.8 Å². The van der Waals surface area contributed by atoms with E-state index in [9.17, 15) is 4.39 Å². The zero-order valence-corrected chi connectivity index (χ0v) is 12.8. The lowest BCUT2D eigenvalue weighted by atomic mass is 9.95. The van der Waals surface area contributed by atoms with Crippen molar-refractivity contribution in [2.45, 2.75) is 32.6 Å². The predicted octanol–water partition coefficient (Wildman–Crippen LogP) is 4.11. The van der Waals surface area contributed by atoms with Gasteiger partial charge in [-0.1, -0.05) is 26.8 Å². The molecule has 0 saturated heterocycles. The summed E-state index contributed by atoms with van der Waals surface area (Å²) >= 11 is 3.27. The van der Waals surface area contributed by atoms with Crippen molar-refractivity contribution >= 4 is 15.9 Å². The Morgan fingerprint density at radius 2 is 2.22 bits per heavy atom. The molecule has 3 heteroatoms. The Morgan fingerprint density at radius 3 is 2.83 bits per heavy atom. The van der Waals surface area contributed by atoms with E-state index in [0.717, 1.165) is 13.1 Å². The zero-order valence-electron chi connectivity index (χ0n) is 11.3. The molecule has 0 aromatic heterocycles. The summed E-state index contributed by atoms with van der Waals surface area (Å²) in [6.07, 6.45) is 1.19. The molecule has 1 N–H and O–H groups in total. The molecular weight excluding hydrogens is 293 g/mol. The van der Waals surface area contributed by atoms with E-state index in [1.807, 2.05) is 12.1 Å². The first-order chi connectivity index (χ1) is 8.43. The van der Waals surface area contributed by atoms with Crippen LogP contribution in [0.4, 0.5) is 4.39 Å². The zero-order chi connectivity index (χ0) is 13.3. The van der Waals surface area contributed by atoms with Gasteiger partial charge < -0.3 is 5.32 Å². The van der Waals surface area contributed by atoms with Crippen molar-refractivity contribution in [3.05, 3.63) is 34.1 Å². The molecular formula is C15H21BrFN. The smallest absolute Gasteiger partial charge is 0.137 e. The van der Waals surface area contributed by atoms with Crippen LogP contribution < -0.4 is 5.32 Å². The van der Waals surface area contributed by atoms with Crippen LogP contribution in [-0.2, 0) is 5.41 Å². The molecule has 1 aromatic rings. The van der Waals surface area contributed by atoms with Crippen molar-refractivity contribution in [3.63, 3.8) is 0 Å². The van der Waals surface area contributed by atoms with Crippen LogP contribution in [0, 0.1) is 17.7 Å². The van der Waals surface area contributed by atoms with Crippen molar-refractivity contribution < 1.29 is 4.39 Å². The summed E-state index contributed by atoms with van der Waals surface area (Å²) in [7, 11) is 0. The maximum absolute atomic E-state index is 13.2. The number of hydrogen-bond acceptors (Lipinski definition) is 1. The molecule has 1 saturated carbocycles. The van der Waals surface area contributed by atoms with Gasteiger partial charge in [0.2, 0.25) is 0 Å². The quantitative estimate of drug-likeness (QED) is 0.862. The Hall–Kier alpha value is -0.410. The number of halogens is 2. The molecule has 1 aromatic carbocycles. The summed E-state index contributed by atoms with van der Waals surface area (Å²) in [5.74, 6) is 1.18. The van der Waals surface area contributed by atoms with Gasteiger partial charge in [0.15, 0.2) is 0 Å². The summed E-state index contributed by atoms with van der Waals surface area (Å²) in [6.45, 7) is 8.84. The lowest BCUT2D eigenvalue weighted by molar-refractivity contribution is 0.515. The molecule has 1 fully saturated rings. The van der Waals surface area contributed by atoms with Crippen LogP contribution in [0.2, 0.25) is 0 Å². The third-order valence-corrected chi connectivity index (χ3v) is 4.54. The summed E-state index contributed by atoms with van der Waals surface area (Å²) in [6, 6.07) is 5.40. The van der Waals surface area contributed by atoms with Gasteiger partial charge in [0.25, 0.3) is 0 Å². The summed E-state index contributed by atoms with van der Waals surface area (Å²) in [5.41, 5.74) is 1.47. The largest absolute Gasteiger partial charge is 0.316 e. The lowest BCUT2D eigenvalue weighted by Gasteiger charge is -2.14. The normalized spacial score (nSPS) is 26.7. The second-order valence-electron chi connectivity index (χ2n) is 6.00. The highest BCUT2D eigenvalue weighted by molar-refractivity contribution is 9.10. The first-order valence-corrected chi connectivity index (χ1v) is 7.39. The first-order valence-electron chi connectivity index (χ1n) is 6.59. The minimum Gasteiger partial charge on any atom is -0.316 e. The molecule has 100 valence electrons. The van der Waals surface area contributed by atoms with E-state index in [1.54, 1.807) is 6.07 Å². The monoisotopic (exact) mass is 313 g/mol. The molecule has 1 aliphatic rings. The van der Waals surface area contributed by atoms with Gasteiger partial charge in [-0.05, 0) is 70.4 Å². The number of benzene rings is 1. The van der Waals surface area contributed by atoms with E-state index < -0.39 is 0 Å². The number of rotatable bonds is 5. The molecule has 0 amide bonds. The minimum atomic E-state index is -0.183. The van der Waals surface area contributed by atoms with Crippen molar-refractivity contribution in [3.8, 4) is 0 Å². The molecule has 0 aliphatic heterocycles. The Bertz CT molecular complexity index is 433. The van der Waals surface area contributed by atoms with E-state index in [-0.39, 0.29) is 11.2 Å². The molecule has 2 atom stereocenters. The average Bonchev–Trinajstić information content (AvgIpc) is 2.94. The van der Waals surface area contributed by atoms with Gasteiger partial charge in [0.1, 0.15) is 5.82 Å². The molecule has 2 unspecified atom stereocenters.